The molecule has 2 unspecified atom stereocenters. The summed E-state index contributed by atoms with van der Waals surface area (Å²) in [6.45, 7) is 0. The Labute approximate surface area is 103 Å². The number of amides is 2. The molecule has 0 bridgehead atoms. The fraction of sp³-hybridized carbons (Fsp3) is 0.500. The van der Waals surface area contributed by atoms with Crippen molar-refractivity contribution >= 4 is 17.9 Å². The number of urea groups is 1. The molecule has 1 fully saturated rings. The summed E-state index contributed by atoms with van der Waals surface area (Å²) in [6.07, 6.45) is 4.84. The van der Waals surface area contributed by atoms with E-state index < -0.39 is 17.9 Å². The lowest BCUT2D eigenvalue weighted by Crippen LogP contribution is -2.42. The number of anilines is 1. The number of aliphatic carboxylic acids is 1. The van der Waals surface area contributed by atoms with E-state index >= 15 is 0 Å². The highest BCUT2D eigenvalue weighted by atomic mass is 16.4. The molecule has 0 aromatic carbocycles. The first-order chi connectivity index (χ1) is 8.66. The van der Waals surface area contributed by atoms with Gasteiger partial charge in [0.05, 0.1) is 18.3 Å². The van der Waals surface area contributed by atoms with Crippen LogP contribution >= 0.6 is 0 Å². The van der Waals surface area contributed by atoms with Crippen LogP contribution in [0.1, 0.15) is 19.3 Å². The average molecular weight is 251 g/mol. The van der Waals surface area contributed by atoms with Gasteiger partial charge in [0.25, 0.3) is 5.95 Å². The lowest BCUT2D eigenvalue weighted by molar-refractivity contribution is -0.142. The lowest BCUT2D eigenvalue weighted by atomic mass is 10.0. The Kier molecular flexibility index (Phi) is 3.66. The van der Waals surface area contributed by atoms with Gasteiger partial charge in [0.15, 0.2) is 0 Å². The molecule has 1 aromatic rings. The molecular weight excluding hydrogens is 238 g/mol. The van der Waals surface area contributed by atoms with E-state index in [0.29, 0.717) is 12.8 Å². The maximum atomic E-state index is 11.6. The van der Waals surface area contributed by atoms with Crippen LogP contribution in [0, 0.1) is 5.92 Å². The summed E-state index contributed by atoms with van der Waals surface area (Å²) in [5.74, 6) is -1.32. The molecule has 1 aromatic heterocycles. The molecule has 2 rings (SSSR count). The minimum Gasteiger partial charge on any atom is -0.481 e. The predicted octanol–water partition coefficient (Wildman–Crippen LogP) is 0.246. The second-order valence-corrected chi connectivity index (χ2v) is 4.05. The van der Waals surface area contributed by atoms with Gasteiger partial charge in [0, 0.05) is 6.04 Å². The number of hydrogen-bond acceptors (Lipinski definition) is 5. The molecule has 1 heterocycles. The highest BCUT2D eigenvalue weighted by Crippen LogP contribution is 2.25. The van der Waals surface area contributed by atoms with Crippen LogP contribution in [0.3, 0.4) is 0 Å². The Morgan fingerprint density at radius 1 is 1.33 bits per heavy atom. The fourth-order valence-corrected chi connectivity index (χ4v) is 2.04. The van der Waals surface area contributed by atoms with Gasteiger partial charge in [-0.3, -0.25) is 10.1 Å². The van der Waals surface area contributed by atoms with Crippen molar-refractivity contribution in [1.82, 2.24) is 20.5 Å². The van der Waals surface area contributed by atoms with Crippen molar-refractivity contribution in [2.24, 2.45) is 5.92 Å². The average Bonchev–Trinajstić information content (AvgIpc) is 2.78. The molecule has 0 spiro atoms. The molecule has 2 atom stereocenters. The third-order valence-corrected chi connectivity index (χ3v) is 2.86. The largest absolute Gasteiger partial charge is 0.481 e. The quantitative estimate of drug-likeness (QED) is 0.708. The lowest BCUT2D eigenvalue weighted by Gasteiger charge is -2.17. The maximum absolute atomic E-state index is 11.6. The molecule has 1 aliphatic carbocycles. The zero-order chi connectivity index (χ0) is 13.0. The number of carboxylic acids is 1. The Hall–Kier alpha value is -2.25. The summed E-state index contributed by atoms with van der Waals surface area (Å²) in [5, 5.41) is 21.2. The maximum Gasteiger partial charge on any atom is 0.321 e. The van der Waals surface area contributed by atoms with E-state index in [1.165, 1.54) is 12.4 Å². The van der Waals surface area contributed by atoms with Gasteiger partial charge >= 0.3 is 12.0 Å². The second-order valence-electron chi connectivity index (χ2n) is 4.05. The number of aromatic nitrogens is 3. The van der Waals surface area contributed by atoms with Gasteiger partial charge in [-0.2, -0.15) is 5.10 Å². The molecule has 1 aliphatic rings. The number of carboxylic acid groups (broad SMARTS) is 1. The topological polar surface area (TPSA) is 117 Å². The van der Waals surface area contributed by atoms with E-state index in [4.69, 9.17) is 5.11 Å². The Balaban J connectivity index is 1.90. The number of carbonyl (C=O) groups is 2. The normalized spacial score (nSPS) is 22.4. The van der Waals surface area contributed by atoms with E-state index in [0.717, 1.165) is 6.42 Å². The minimum atomic E-state index is -0.879. The zero-order valence-corrected chi connectivity index (χ0v) is 9.54. The van der Waals surface area contributed by atoms with Crippen LogP contribution in [-0.2, 0) is 4.79 Å². The number of rotatable bonds is 3. The monoisotopic (exact) mass is 251 g/mol. The summed E-state index contributed by atoms with van der Waals surface area (Å²) in [4.78, 5) is 26.3. The van der Waals surface area contributed by atoms with Gasteiger partial charge < -0.3 is 10.4 Å². The van der Waals surface area contributed by atoms with Crippen LogP contribution in [-0.4, -0.2) is 38.3 Å². The summed E-state index contributed by atoms with van der Waals surface area (Å²) < 4.78 is 0. The minimum absolute atomic E-state index is 0.0832. The van der Waals surface area contributed by atoms with Gasteiger partial charge in [-0.15, -0.1) is 5.10 Å². The van der Waals surface area contributed by atoms with Gasteiger partial charge in [0.1, 0.15) is 0 Å². The molecule has 8 heteroatoms. The molecule has 96 valence electrons. The molecule has 18 heavy (non-hydrogen) atoms. The Morgan fingerprint density at radius 2 is 2.17 bits per heavy atom. The van der Waals surface area contributed by atoms with Gasteiger partial charge in [-0.1, -0.05) is 6.42 Å². The van der Waals surface area contributed by atoms with Gasteiger partial charge in [-0.25, -0.2) is 9.78 Å². The molecular formula is C10H13N5O3. The van der Waals surface area contributed by atoms with Crippen LogP contribution in [0.2, 0.25) is 0 Å². The first-order valence-electron chi connectivity index (χ1n) is 5.61. The number of carbonyl (C=O) groups excluding carboxylic acids is 1. The first-order valence-corrected chi connectivity index (χ1v) is 5.61. The molecule has 0 aliphatic heterocycles. The summed E-state index contributed by atoms with van der Waals surface area (Å²) in [5.41, 5.74) is 0. The highest BCUT2D eigenvalue weighted by molar-refractivity contribution is 5.88. The molecule has 8 nitrogen and oxygen atoms in total. The predicted molar refractivity (Wildman–Crippen MR) is 60.7 cm³/mol. The third-order valence-electron chi connectivity index (χ3n) is 2.86. The third kappa shape index (κ3) is 2.90. The Bertz CT molecular complexity index is 438. The molecule has 1 saturated carbocycles. The zero-order valence-electron chi connectivity index (χ0n) is 9.54. The van der Waals surface area contributed by atoms with E-state index in [-0.39, 0.29) is 12.0 Å². The van der Waals surface area contributed by atoms with Crippen LogP contribution in [0.25, 0.3) is 0 Å². The van der Waals surface area contributed by atoms with Gasteiger partial charge in [-0.05, 0) is 12.8 Å². The van der Waals surface area contributed by atoms with Crippen molar-refractivity contribution in [2.45, 2.75) is 25.3 Å². The first kappa shape index (κ1) is 12.2. The standard InChI is InChI=1S/C10H13N5O3/c16-8(17)6-2-1-3-7(6)13-10(18)14-9-11-4-5-12-15-9/h4-7H,1-3H2,(H,16,17)(H2,11,13,14,15,18). The molecule has 0 saturated heterocycles. The van der Waals surface area contributed by atoms with E-state index in [2.05, 4.69) is 25.8 Å². The van der Waals surface area contributed by atoms with Crippen LogP contribution in [0.5, 0.6) is 0 Å². The molecule has 0 radical (unpaired) electrons. The number of hydrogen-bond donors (Lipinski definition) is 3. The second kappa shape index (κ2) is 5.39. The Morgan fingerprint density at radius 3 is 2.83 bits per heavy atom. The smallest absolute Gasteiger partial charge is 0.321 e. The van der Waals surface area contributed by atoms with Crippen LogP contribution in [0.15, 0.2) is 12.4 Å². The summed E-state index contributed by atoms with van der Waals surface area (Å²) in [7, 11) is 0. The summed E-state index contributed by atoms with van der Waals surface area (Å²) in [6, 6.07) is -0.861. The highest BCUT2D eigenvalue weighted by Gasteiger charge is 2.33. The molecule has 2 amide bonds. The van der Waals surface area contributed by atoms with E-state index in [1.807, 2.05) is 0 Å². The van der Waals surface area contributed by atoms with Crippen molar-refractivity contribution in [3.63, 3.8) is 0 Å². The number of nitrogens with zero attached hydrogens (tertiary/aromatic N) is 3. The number of nitrogens with one attached hydrogen (secondary N) is 2. The van der Waals surface area contributed by atoms with Crippen molar-refractivity contribution in [3.8, 4) is 0 Å². The van der Waals surface area contributed by atoms with E-state index in [1.54, 1.807) is 0 Å². The van der Waals surface area contributed by atoms with Crippen LogP contribution in [0.4, 0.5) is 10.7 Å². The van der Waals surface area contributed by atoms with Crippen molar-refractivity contribution in [1.29, 1.82) is 0 Å². The van der Waals surface area contributed by atoms with Crippen molar-refractivity contribution in [2.75, 3.05) is 5.32 Å². The van der Waals surface area contributed by atoms with Crippen LogP contribution < -0.4 is 10.6 Å². The fourth-order valence-electron chi connectivity index (χ4n) is 2.04. The SMILES string of the molecule is O=C(Nc1nccnn1)NC1CCCC1C(=O)O. The van der Waals surface area contributed by atoms with Crippen molar-refractivity contribution in [3.05, 3.63) is 12.4 Å². The van der Waals surface area contributed by atoms with E-state index in [9.17, 15) is 9.59 Å². The molecule has 3 N–H and O–H groups in total. The summed E-state index contributed by atoms with van der Waals surface area (Å²) >= 11 is 0. The van der Waals surface area contributed by atoms with Crippen molar-refractivity contribution < 1.29 is 14.7 Å². The van der Waals surface area contributed by atoms with Gasteiger partial charge in [0.2, 0.25) is 0 Å².